The molecule has 8 heteroatoms. The van der Waals surface area contributed by atoms with Crippen LogP contribution in [0.2, 0.25) is 0 Å². The van der Waals surface area contributed by atoms with E-state index < -0.39 is 0 Å². The Morgan fingerprint density at radius 1 is 1.33 bits per heavy atom. The van der Waals surface area contributed by atoms with Crippen molar-refractivity contribution in [1.82, 2.24) is 20.4 Å². The Labute approximate surface area is 136 Å². The summed E-state index contributed by atoms with van der Waals surface area (Å²) in [5, 5.41) is 10.2. The van der Waals surface area contributed by atoms with Gasteiger partial charge in [0.15, 0.2) is 0 Å². The summed E-state index contributed by atoms with van der Waals surface area (Å²) in [7, 11) is 0. The summed E-state index contributed by atoms with van der Waals surface area (Å²) in [5.41, 5.74) is 1.19. The summed E-state index contributed by atoms with van der Waals surface area (Å²) < 4.78 is 5.35. The van der Waals surface area contributed by atoms with E-state index in [1.54, 1.807) is 6.20 Å². The SMILES string of the molecule is Cl.Cl.O=C(C1COCCN1)N1CCC(c2ccn[nH]2)CC1. The summed E-state index contributed by atoms with van der Waals surface area (Å²) in [6, 6.07) is 1.87. The van der Waals surface area contributed by atoms with Crippen molar-refractivity contribution in [2.24, 2.45) is 0 Å². The number of ether oxygens (including phenoxy) is 1. The number of rotatable bonds is 2. The molecular weight excluding hydrogens is 315 g/mol. The van der Waals surface area contributed by atoms with Gasteiger partial charge in [0.1, 0.15) is 6.04 Å². The van der Waals surface area contributed by atoms with Crippen molar-refractivity contribution >= 4 is 30.7 Å². The maximum absolute atomic E-state index is 12.3. The summed E-state index contributed by atoms with van der Waals surface area (Å²) in [6.07, 6.45) is 3.79. The van der Waals surface area contributed by atoms with Crippen LogP contribution >= 0.6 is 24.8 Å². The van der Waals surface area contributed by atoms with Gasteiger partial charge in [-0.25, -0.2) is 0 Å². The predicted octanol–water partition coefficient (Wildman–Crippen LogP) is 0.948. The lowest BCUT2D eigenvalue weighted by Crippen LogP contribution is -2.53. The molecule has 21 heavy (non-hydrogen) atoms. The molecule has 6 nitrogen and oxygen atoms in total. The van der Waals surface area contributed by atoms with Gasteiger partial charge in [-0.2, -0.15) is 5.10 Å². The molecular formula is C13H22Cl2N4O2. The standard InChI is InChI=1S/C13H20N4O2.2ClH/c18-13(12-9-19-8-5-14-12)17-6-2-10(3-7-17)11-1-4-15-16-11;;/h1,4,10,12,14H,2-3,5-9H2,(H,15,16);2*1H. The third kappa shape index (κ3) is 4.32. The van der Waals surface area contributed by atoms with Crippen molar-refractivity contribution in [1.29, 1.82) is 0 Å². The lowest BCUT2D eigenvalue weighted by atomic mass is 9.93. The Kier molecular flexibility index (Phi) is 7.45. The van der Waals surface area contributed by atoms with Crippen LogP contribution in [-0.4, -0.2) is 59.9 Å². The molecule has 1 aromatic rings. The number of hydrogen-bond acceptors (Lipinski definition) is 4. The fourth-order valence-electron chi connectivity index (χ4n) is 2.85. The maximum atomic E-state index is 12.3. The molecule has 0 radical (unpaired) electrons. The lowest BCUT2D eigenvalue weighted by Gasteiger charge is -2.35. The van der Waals surface area contributed by atoms with Crippen molar-refractivity contribution in [3.63, 3.8) is 0 Å². The highest BCUT2D eigenvalue weighted by molar-refractivity contribution is 5.85. The van der Waals surface area contributed by atoms with Crippen LogP contribution in [0.5, 0.6) is 0 Å². The first kappa shape index (κ1) is 18.2. The minimum absolute atomic E-state index is 0. The molecule has 2 fully saturated rings. The molecule has 3 rings (SSSR count). The fraction of sp³-hybridized carbons (Fsp3) is 0.692. The minimum atomic E-state index is -0.155. The topological polar surface area (TPSA) is 70.2 Å². The van der Waals surface area contributed by atoms with Crippen LogP contribution in [0.1, 0.15) is 24.5 Å². The number of halogens is 2. The fourth-order valence-corrected chi connectivity index (χ4v) is 2.85. The molecule has 2 aliphatic rings. The summed E-state index contributed by atoms with van der Waals surface area (Å²) in [4.78, 5) is 14.3. The van der Waals surface area contributed by atoms with E-state index in [0.717, 1.165) is 32.5 Å². The van der Waals surface area contributed by atoms with Crippen LogP contribution in [-0.2, 0) is 9.53 Å². The van der Waals surface area contributed by atoms with E-state index in [1.807, 2.05) is 11.0 Å². The summed E-state index contributed by atoms with van der Waals surface area (Å²) in [6.45, 7) is 3.60. The van der Waals surface area contributed by atoms with Gasteiger partial charge in [-0.1, -0.05) is 0 Å². The number of H-pyrrole nitrogens is 1. The van der Waals surface area contributed by atoms with E-state index in [-0.39, 0.29) is 36.8 Å². The molecule has 0 aliphatic carbocycles. The zero-order valence-corrected chi connectivity index (χ0v) is 13.4. The molecule has 1 unspecified atom stereocenters. The van der Waals surface area contributed by atoms with Gasteiger partial charge in [0, 0.05) is 37.4 Å². The third-order valence-electron chi connectivity index (χ3n) is 3.99. The Morgan fingerprint density at radius 2 is 2.10 bits per heavy atom. The highest BCUT2D eigenvalue weighted by Gasteiger charge is 2.30. The number of carbonyl (C=O) groups is 1. The molecule has 2 N–H and O–H groups in total. The molecule has 1 aromatic heterocycles. The average Bonchev–Trinajstić information content (AvgIpc) is 3.02. The van der Waals surface area contributed by atoms with E-state index in [2.05, 4.69) is 15.5 Å². The second-order valence-corrected chi connectivity index (χ2v) is 5.19. The van der Waals surface area contributed by atoms with E-state index in [1.165, 1.54) is 5.69 Å². The number of aromatic amines is 1. The minimum Gasteiger partial charge on any atom is -0.378 e. The number of aromatic nitrogens is 2. The molecule has 2 aliphatic heterocycles. The molecule has 2 saturated heterocycles. The van der Waals surface area contributed by atoms with Crippen molar-refractivity contribution in [3.05, 3.63) is 18.0 Å². The first-order valence-electron chi connectivity index (χ1n) is 6.94. The van der Waals surface area contributed by atoms with Gasteiger partial charge in [0.25, 0.3) is 0 Å². The van der Waals surface area contributed by atoms with Crippen molar-refractivity contribution in [2.75, 3.05) is 32.8 Å². The molecule has 0 saturated carbocycles. The predicted molar refractivity (Wildman–Crippen MR) is 84.2 cm³/mol. The lowest BCUT2D eigenvalue weighted by molar-refractivity contribution is -0.137. The number of nitrogens with one attached hydrogen (secondary N) is 2. The monoisotopic (exact) mass is 336 g/mol. The van der Waals surface area contributed by atoms with Crippen molar-refractivity contribution in [3.8, 4) is 0 Å². The number of nitrogens with zero attached hydrogens (tertiary/aromatic N) is 2. The Hall–Kier alpha value is -0.820. The van der Waals surface area contributed by atoms with E-state index in [0.29, 0.717) is 19.1 Å². The van der Waals surface area contributed by atoms with Crippen LogP contribution in [0, 0.1) is 0 Å². The van der Waals surface area contributed by atoms with Gasteiger partial charge in [0.2, 0.25) is 5.91 Å². The average molecular weight is 337 g/mol. The van der Waals surface area contributed by atoms with Crippen LogP contribution < -0.4 is 5.32 Å². The number of likely N-dealkylation sites (tertiary alicyclic amines) is 1. The van der Waals surface area contributed by atoms with Gasteiger partial charge in [-0.05, 0) is 18.9 Å². The van der Waals surface area contributed by atoms with Gasteiger partial charge >= 0.3 is 0 Å². The Balaban J connectivity index is 0.00000110. The van der Waals surface area contributed by atoms with Crippen LogP contribution in [0.15, 0.2) is 12.3 Å². The number of morpholine rings is 1. The Bertz CT molecular complexity index is 416. The molecule has 120 valence electrons. The van der Waals surface area contributed by atoms with Crippen LogP contribution in [0.3, 0.4) is 0 Å². The van der Waals surface area contributed by atoms with Crippen LogP contribution in [0.4, 0.5) is 0 Å². The second kappa shape index (κ2) is 8.58. The smallest absolute Gasteiger partial charge is 0.242 e. The van der Waals surface area contributed by atoms with Gasteiger partial charge in [-0.3, -0.25) is 9.89 Å². The van der Waals surface area contributed by atoms with Gasteiger partial charge in [0.05, 0.1) is 13.2 Å². The number of piperidine rings is 1. The molecule has 1 amide bonds. The zero-order valence-electron chi connectivity index (χ0n) is 11.8. The molecule has 3 heterocycles. The molecule has 0 aromatic carbocycles. The Morgan fingerprint density at radius 3 is 2.67 bits per heavy atom. The maximum Gasteiger partial charge on any atom is 0.242 e. The molecule has 0 bridgehead atoms. The van der Waals surface area contributed by atoms with E-state index in [9.17, 15) is 4.79 Å². The second-order valence-electron chi connectivity index (χ2n) is 5.19. The van der Waals surface area contributed by atoms with Crippen molar-refractivity contribution in [2.45, 2.75) is 24.8 Å². The largest absolute Gasteiger partial charge is 0.378 e. The van der Waals surface area contributed by atoms with Gasteiger partial charge in [-0.15, -0.1) is 24.8 Å². The zero-order chi connectivity index (χ0) is 13.1. The molecule has 1 atom stereocenters. The first-order valence-corrected chi connectivity index (χ1v) is 6.94. The van der Waals surface area contributed by atoms with E-state index >= 15 is 0 Å². The van der Waals surface area contributed by atoms with Crippen LogP contribution in [0.25, 0.3) is 0 Å². The normalized spacial score (nSPS) is 23.0. The number of amides is 1. The third-order valence-corrected chi connectivity index (χ3v) is 3.99. The van der Waals surface area contributed by atoms with E-state index in [4.69, 9.17) is 4.74 Å². The number of hydrogen-bond donors (Lipinski definition) is 2. The highest BCUT2D eigenvalue weighted by atomic mass is 35.5. The number of carbonyl (C=O) groups excluding carboxylic acids is 1. The summed E-state index contributed by atoms with van der Waals surface area (Å²) in [5.74, 6) is 0.685. The quantitative estimate of drug-likeness (QED) is 0.843. The highest BCUT2D eigenvalue weighted by Crippen LogP contribution is 2.26. The molecule has 0 spiro atoms. The van der Waals surface area contributed by atoms with Gasteiger partial charge < -0.3 is 15.0 Å². The van der Waals surface area contributed by atoms with Crippen molar-refractivity contribution < 1.29 is 9.53 Å². The summed E-state index contributed by atoms with van der Waals surface area (Å²) >= 11 is 0. The first-order chi connectivity index (χ1) is 9.34.